The van der Waals surface area contributed by atoms with Crippen molar-refractivity contribution in [1.29, 1.82) is 0 Å². The summed E-state index contributed by atoms with van der Waals surface area (Å²) in [6, 6.07) is 7.93. The van der Waals surface area contributed by atoms with Crippen LogP contribution in [0.2, 0.25) is 0 Å². The zero-order valence-electron chi connectivity index (χ0n) is 18.2. The number of ether oxygens (including phenoxy) is 1. The van der Waals surface area contributed by atoms with E-state index in [4.69, 9.17) is 9.15 Å². The monoisotopic (exact) mass is 415 g/mol. The number of rotatable bonds is 9. The van der Waals surface area contributed by atoms with Crippen molar-refractivity contribution in [3.05, 3.63) is 41.6 Å². The van der Waals surface area contributed by atoms with Crippen molar-refractivity contribution in [1.82, 2.24) is 15.1 Å². The number of carbonyl (C=O) groups is 1. The van der Waals surface area contributed by atoms with Crippen molar-refractivity contribution in [3.8, 4) is 5.75 Å². The largest absolute Gasteiger partial charge is 0.497 e. The fourth-order valence-corrected chi connectivity index (χ4v) is 3.94. The van der Waals surface area contributed by atoms with Gasteiger partial charge in [0, 0.05) is 32.4 Å². The van der Waals surface area contributed by atoms with Gasteiger partial charge in [-0.3, -0.25) is 4.79 Å². The number of aliphatic hydroxyl groups excluding tert-OH is 1. The van der Waals surface area contributed by atoms with Crippen LogP contribution in [0.4, 0.5) is 0 Å². The third kappa shape index (κ3) is 6.05. The molecule has 30 heavy (non-hydrogen) atoms. The molecule has 0 unspecified atom stereocenters. The summed E-state index contributed by atoms with van der Waals surface area (Å²) in [7, 11) is 1.65. The molecule has 1 atom stereocenters. The highest BCUT2D eigenvalue weighted by Gasteiger charge is 2.28. The zero-order chi connectivity index (χ0) is 21.5. The second-order valence-electron chi connectivity index (χ2n) is 8.39. The number of hydrogen-bond acceptors (Lipinski definition) is 6. The summed E-state index contributed by atoms with van der Waals surface area (Å²) in [5.41, 5.74) is 1.18. The molecule has 1 amide bonds. The first-order chi connectivity index (χ1) is 14.5. The average molecular weight is 416 g/mol. The van der Waals surface area contributed by atoms with Crippen molar-refractivity contribution >= 4 is 5.91 Å². The Morgan fingerprint density at radius 3 is 2.37 bits per heavy atom. The Bertz CT molecular complexity index is 795. The number of likely N-dealkylation sites (tertiary alicyclic amines) is 1. The number of benzene rings is 1. The van der Waals surface area contributed by atoms with E-state index in [-0.39, 0.29) is 17.9 Å². The number of methoxy groups -OCH3 is 1. The maximum absolute atomic E-state index is 12.5. The SMILES string of the molecule is COc1ccc(CCc2nnc(CCC(=O)N3CCC([C@H](O)C(C)C)CC3)o2)cc1. The number of carbonyl (C=O) groups excluding carboxylic acids is 1. The van der Waals surface area contributed by atoms with Crippen LogP contribution in [0.1, 0.15) is 50.5 Å². The Hall–Kier alpha value is -2.41. The van der Waals surface area contributed by atoms with Crippen molar-refractivity contribution < 1.29 is 19.1 Å². The predicted octanol–water partition coefficient (Wildman–Crippen LogP) is 3.05. The van der Waals surface area contributed by atoms with Crippen molar-refractivity contribution in [2.75, 3.05) is 20.2 Å². The number of piperidine rings is 1. The van der Waals surface area contributed by atoms with Crippen LogP contribution in [0.3, 0.4) is 0 Å². The highest BCUT2D eigenvalue weighted by molar-refractivity contribution is 5.76. The summed E-state index contributed by atoms with van der Waals surface area (Å²) in [6.45, 7) is 5.50. The van der Waals surface area contributed by atoms with Gasteiger partial charge in [0.1, 0.15) is 5.75 Å². The third-order valence-electron chi connectivity index (χ3n) is 5.91. The van der Waals surface area contributed by atoms with E-state index < -0.39 is 0 Å². The summed E-state index contributed by atoms with van der Waals surface area (Å²) in [6.07, 6.45) is 3.75. The number of nitrogens with zero attached hydrogens (tertiary/aromatic N) is 3. The van der Waals surface area contributed by atoms with Crippen LogP contribution in [-0.2, 0) is 24.1 Å². The lowest BCUT2D eigenvalue weighted by Crippen LogP contribution is -2.42. The van der Waals surface area contributed by atoms with Gasteiger partial charge in [-0.25, -0.2) is 0 Å². The maximum Gasteiger partial charge on any atom is 0.223 e. The van der Waals surface area contributed by atoms with Gasteiger partial charge in [0.25, 0.3) is 0 Å². The number of hydrogen-bond donors (Lipinski definition) is 1. The summed E-state index contributed by atoms with van der Waals surface area (Å²) < 4.78 is 10.9. The zero-order valence-corrected chi connectivity index (χ0v) is 18.2. The van der Waals surface area contributed by atoms with Crippen LogP contribution in [0.15, 0.2) is 28.7 Å². The van der Waals surface area contributed by atoms with Gasteiger partial charge in [0.2, 0.25) is 17.7 Å². The molecule has 0 spiro atoms. The molecule has 1 saturated heterocycles. The van der Waals surface area contributed by atoms with Crippen molar-refractivity contribution in [2.45, 2.75) is 58.5 Å². The van der Waals surface area contributed by atoms with Crippen LogP contribution in [-0.4, -0.2) is 52.4 Å². The quantitative estimate of drug-likeness (QED) is 0.677. The second-order valence-corrected chi connectivity index (χ2v) is 8.39. The van der Waals surface area contributed by atoms with Gasteiger partial charge in [0.15, 0.2) is 0 Å². The molecule has 0 saturated carbocycles. The molecule has 0 bridgehead atoms. The van der Waals surface area contributed by atoms with Crippen LogP contribution in [0, 0.1) is 11.8 Å². The van der Waals surface area contributed by atoms with Gasteiger partial charge in [-0.05, 0) is 48.8 Å². The summed E-state index contributed by atoms with van der Waals surface area (Å²) in [4.78, 5) is 14.4. The van der Waals surface area contributed by atoms with Crippen LogP contribution in [0.25, 0.3) is 0 Å². The molecule has 1 N–H and O–H groups in total. The van der Waals surface area contributed by atoms with Crippen molar-refractivity contribution in [3.63, 3.8) is 0 Å². The lowest BCUT2D eigenvalue weighted by molar-refractivity contribution is -0.133. The normalized spacial score (nSPS) is 16.1. The van der Waals surface area contributed by atoms with Crippen molar-refractivity contribution in [2.24, 2.45) is 11.8 Å². The van der Waals surface area contributed by atoms with Gasteiger partial charge >= 0.3 is 0 Å². The van der Waals surface area contributed by atoms with Gasteiger partial charge in [-0.2, -0.15) is 0 Å². The highest BCUT2D eigenvalue weighted by atomic mass is 16.5. The van der Waals surface area contributed by atoms with Gasteiger partial charge in [-0.15, -0.1) is 10.2 Å². The number of aryl methyl sites for hydroxylation is 3. The molecule has 1 aliphatic heterocycles. The van der Waals surface area contributed by atoms with E-state index in [1.165, 1.54) is 5.56 Å². The predicted molar refractivity (Wildman–Crippen MR) is 113 cm³/mol. The first-order valence-corrected chi connectivity index (χ1v) is 10.9. The molecule has 1 aromatic carbocycles. The minimum absolute atomic E-state index is 0.116. The Kier molecular flexibility index (Phi) is 7.85. The minimum atomic E-state index is -0.281. The molecular weight excluding hydrogens is 382 g/mol. The van der Waals surface area contributed by atoms with Crippen LogP contribution >= 0.6 is 0 Å². The number of aromatic nitrogens is 2. The molecule has 1 aliphatic rings. The van der Waals surface area contributed by atoms with Gasteiger partial charge < -0.3 is 19.2 Å². The molecule has 164 valence electrons. The number of amides is 1. The number of aliphatic hydroxyl groups is 1. The van der Waals surface area contributed by atoms with E-state index in [0.29, 0.717) is 50.1 Å². The molecule has 3 rings (SSSR count). The summed E-state index contributed by atoms with van der Waals surface area (Å²) in [5, 5.41) is 18.4. The fourth-order valence-electron chi connectivity index (χ4n) is 3.94. The molecular formula is C23H33N3O4. The van der Waals surface area contributed by atoms with Gasteiger partial charge in [-0.1, -0.05) is 26.0 Å². The standard InChI is InChI=1S/C23H33N3O4/c1-16(2)23(28)18-12-14-26(15-13-18)22(27)11-10-21-25-24-20(30-21)9-6-17-4-7-19(29-3)8-5-17/h4-5,7-8,16,18,23,28H,6,9-15H2,1-3H3/t23-/m1/s1. The van der Waals surface area contributed by atoms with E-state index >= 15 is 0 Å². The highest BCUT2D eigenvalue weighted by Crippen LogP contribution is 2.25. The van der Waals surface area contributed by atoms with E-state index in [1.54, 1.807) is 7.11 Å². The molecule has 7 heteroatoms. The Balaban J connectivity index is 1.40. The lowest BCUT2D eigenvalue weighted by atomic mass is 9.85. The first kappa shape index (κ1) is 22.3. The second kappa shape index (κ2) is 10.6. The minimum Gasteiger partial charge on any atom is -0.497 e. The van der Waals surface area contributed by atoms with Crippen LogP contribution in [0.5, 0.6) is 5.75 Å². The molecule has 0 radical (unpaired) electrons. The molecule has 2 heterocycles. The van der Waals surface area contributed by atoms with E-state index in [0.717, 1.165) is 25.0 Å². The smallest absolute Gasteiger partial charge is 0.223 e. The average Bonchev–Trinajstić information content (AvgIpc) is 3.23. The fraction of sp³-hybridized carbons (Fsp3) is 0.609. The molecule has 0 aliphatic carbocycles. The van der Waals surface area contributed by atoms with E-state index in [9.17, 15) is 9.90 Å². The third-order valence-corrected chi connectivity index (χ3v) is 5.91. The molecule has 1 fully saturated rings. The Labute approximate surface area is 178 Å². The van der Waals surface area contributed by atoms with E-state index in [2.05, 4.69) is 10.2 Å². The molecule has 7 nitrogen and oxygen atoms in total. The molecule has 1 aromatic heterocycles. The Morgan fingerprint density at radius 2 is 1.77 bits per heavy atom. The summed E-state index contributed by atoms with van der Waals surface area (Å²) >= 11 is 0. The molecule has 2 aromatic rings. The Morgan fingerprint density at radius 1 is 1.13 bits per heavy atom. The lowest BCUT2D eigenvalue weighted by Gasteiger charge is -2.35. The first-order valence-electron chi connectivity index (χ1n) is 10.9. The topological polar surface area (TPSA) is 88.7 Å². The summed E-state index contributed by atoms with van der Waals surface area (Å²) in [5.74, 6) is 2.61. The van der Waals surface area contributed by atoms with Gasteiger partial charge in [0.05, 0.1) is 13.2 Å². The van der Waals surface area contributed by atoms with E-state index in [1.807, 2.05) is 43.0 Å². The maximum atomic E-state index is 12.5. The van der Waals surface area contributed by atoms with Crippen LogP contribution < -0.4 is 4.74 Å².